The molecule has 4 rings (SSSR count). The molecule has 2 atom stereocenters. The van der Waals surface area contributed by atoms with Crippen LogP contribution in [0.5, 0.6) is 0 Å². The van der Waals surface area contributed by atoms with Crippen LogP contribution in [0.2, 0.25) is 0 Å². The van der Waals surface area contributed by atoms with Crippen molar-refractivity contribution in [3.05, 3.63) is 70.2 Å². The molecule has 6 nitrogen and oxygen atoms in total. The van der Waals surface area contributed by atoms with E-state index in [0.717, 1.165) is 25.2 Å². The number of aliphatic hydroxyl groups is 1. The van der Waals surface area contributed by atoms with Crippen molar-refractivity contribution in [2.45, 2.75) is 38.1 Å². The van der Waals surface area contributed by atoms with Crippen LogP contribution in [0.25, 0.3) is 11.0 Å². The molecule has 176 valence electrons. The van der Waals surface area contributed by atoms with Gasteiger partial charge in [-0.15, -0.1) is 0 Å². The monoisotopic (exact) mass is 464 g/mol. The average molecular weight is 464 g/mol. The van der Waals surface area contributed by atoms with Gasteiger partial charge in [0.25, 0.3) is 5.56 Å². The minimum atomic E-state index is -4.45. The van der Waals surface area contributed by atoms with Crippen molar-refractivity contribution in [1.82, 2.24) is 19.4 Å². The van der Waals surface area contributed by atoms with Crippen LogP contribution in [0.3, 0.4) is 0 Å². The topological polar surface area (TPSA) is 71.2 Å². The van der Waals surface area contributed by atoms with E-state index in [9.17, 15) is 27.5 Å². The highest BCUT2D eigenvalue weighted by Crippen LogP contribution is 2.28. The first-order valence-electron chi connectivity index (χ1n) is 10.8. The highest BCUT2D eigenvalue weighted by Gasteiger charge is 2.32. The second-order valence-corrected chi connectivity index (χ2v) is 8.39. The predicted octanol–water partition coefficient (Wildman–Crippen LogP) is 3.27. The van der Waals surface area contributed by atoms with Crippen LogP contribution in [0, 0.1) is 11.7 Å². The molecule has 0 aromatic carbocycles. The average Bonchev–Trinajstić information content (AvgIpc) is 2.77. The van der Waals surface area contributed by atoms with Crippen LogP contribution in [-0.2, 0) is 19.1 Å². The number of hydrogen-bond donors (Lipinski definition) is 1. The molecule has 0 aliphatic carbocycles. The predicted molar refractivity (Wildman–Crippen MR) is 114 cm³/mol. The van der Waals surface area contributed by atoms with Crippen molar-refractivity contribution in [1.29, 1.82) is 0 Å². The number of rotatable bonds is 6. The highest BCUT2D eigenvalue weighted by molar-refractivity contribution is 5.74. The minimum absolute atomic E-state index is 0.0297. The molecule has 0 saturated carbocycles. The number of piperidine rings is 1. The van der Waals surface area contributed by atoms with Crippen molar-refractivity contribution in [3.8, 4) is 0 Å². The summed E-state index contributed by atoms with van der Waals surface area (Å²) in [5, 5.41) is 10.6. The number of pyridine rings is 3. The molecule has 1 N–H and O–H groups in total. The van der Waals surface area contributed by atoms with Gasteiger partial charge in [-0.05, 0) is 49.4 Å². The Balaban J connectivity index is 1.31. The van der Waals surface area contributed by atoms with E-state index in [-0.39, 0.29) is 11.5 Å². The Morgan fingerprint density at radius 2 is 1.91 bits per heavy atom. The van der Waals surface area contributed by atoms with Crippen molar-refractivity contribution in [3.63, 3.8) is 0 Å². The molecule has 1 aliphatic rings. The molecule has 0 spiro atoms. The third-order valence-electron chi connectivity index (χ3n) is 6.17. The molecular formula is C23H24F4N4O2. The van der Waals surface area contributed by atoms with Gasteiger partial charge in [-0.3, -0.25) is 19.7 Å². The molecule has 4 heterocycles. The van der Waals surface area contributed by atoms with Gasteiger partial charge in [-0.2, -0.15) is 13.2 Å². The van der Waals surface area contributed by atoms with E-state index in [4.69, 9.17) is 0 Å². The van der Waals surface area contributed by atoms with E-state index >= 15 is 0 Å². The van der Waals surface area contributed by atoms with Gasteiger partial charge in [0.1, 0.15) is 11.5 Å². The lowest BCUT2D eigenvalue weighted by Gasteiger charge is -2.36. The Labute approximate surface area is 187 Å². The zero-order valence-electron chi connectivity index (χ0n) is 17.8. The third-order valence-corrected chi connectivity index (χ3v) is 6.17. The van der Waals surface area contributed by atoms with Crippen LogP contribution in [-0.4, -0.2) is 50.3 Å². The molecule has 1 aliphatic heterocycles. The summed E-state index contributed by atoms with van der Waals surface area (Å²) in [5.41, 5.74) is 0.517. The molecule has 3 aromatic heterocycles. The standard InChI is InChI=1S/C23H24F4N4O2/c24-17-11-19-18(28-13-17)4-6-22(33)31(19)10-9-30-8-7-16(20(32)14-30)3-1-15-2-5-21(29-12-15)23(25,26)27/h2,4-6,11-13,16,20,32H,1,3,7-10,14H2/t16-,20+/m0/s1. The quantitative estimate of drug-likeness (QED) is 0.567. The molecule has 1 fully saturated rings. The lowest BCUT2D eigenvalue weighted by Crippen LogP contribution is -2.45. The summed E-state index contributed by atoms with van der Waals surface area (Å²) in [6.45, 7) is 2.01. The van der Waals surface area contributed by atoms with E-state index in [0.29, 0.717) is 49.1 Å². The summed E-state index contributed by atoms with van der Waals surface area (Å²) >= 11 is 0. The number of alkyl halides is 3. The SMILES string of the molecule is O=c1ccc2ncc(F)cc2n1CCN1CC[C@H](CCc2ccc(C(F)(F)F)nc2)[C@H](O)C1. The molecule has 0 radical (unpaired) electrons. The Bertz CT molecular complexity index is 1160. The zero-order valence-corrected chi connectivity index (χ0v) is 17.8. The van der Waals surface area contributed by atoms with Gasteiger partial charge in [-0.25, -0.2) is 4.39 Å². The van der Waals surface area contributed by atoms with Gasteiger partial charge in [0.15, 0.2) is 0 Å². The first-order valence-corrected chi connectivity index (χ1v) is 10.8. The second-order valence-electron chi connectivity index (χ2n) is 8.39. The summed E-state index contributed by atoms with van der Waals surface area (Å²) in [6, 6.07) is 6.67. The number of aliphatic hydroxyl groups excluding tert-OH is 1. The van der Waals surface area contributed by atoms with E-state index < -0.39 is 23.8 Å². The van der Waals surface area contributed by atoms with Gasteiger partial charge in [-0.1, -0.05) is 6.07 Å². The first kappa shape index (κ1) is 23.3. The normalized spacial score (nSPS) is 19.8. The zero-order chi connectivity index (χ0) is 23.6. The lowest BCUT2D eigenvalue weighted by molar-refractivity contribution is -0.141. The molecule has 33 heavy (non-hydrogen) atoms. The molecule has 0 amide bonds. The van der Waals surface area contributed by atoms with Crippen LogP contribution in [0.15, 0.2) is 47.5 Å². The van der Waals surface area contributed by atoms with Crippen molar-refractivity contribution in [2.75, 3.05) is 19.6 Å². The fourth-order valence-corrected chi connectivity index (χ4v) is 4.29. The highest BCUT2D eigenvalue weighted by atomic mass is 19.4. The van der Waals surface area contributed by atoms with Crippen molar-refractivity contribution < 1.29 is 22.7 Å². The van der Waals surface area contributed by atoms with Gasteiger partial charge < -0.3 is 9.67 Å². The largest absolute Gasteiger partial charge is 0.433 e. The maximum atomic E-state index is 13.6. The van der Waals surface area contributed by atoms with Gasteiger partial charge in [0.05, 0.1) is 23.3 Å². The Morgan fingerprint density at radius 3 is 2.61 bits per heavy atom. The van der Waals surface area contributed by atoms with Crippen molar-refractivity contribution in [2.24, 2.45) is 5.92 Å². The van der Waals surface area contributed by atoms with E-state index in [2.05, 4.69) is 14.9 Å². The fraction of sp³-hybridized carbons (Fsp3) is 0.435. The molecule has 0 bridgehead atoms. The number of β-amino-alcohol motifs (C(OH)–C–C–N with tert-alkyl or cyclic N) is 1. The van der Waals surface area contributed by atoms with E-state index in [1.807, 2.05) is 0 Å². The number of fused-ring (bicyclic) bond motifs is 1. The summed E-state index contributed by atoms with van der Waals surface area (Å²) < 4.78 is 53.0. The Kier molecular flexibility index (Phi) is 6.76. The molecule has 10 heteroatoms. The smallest absolute Gasteiger partial charge is 0.392 e. The van der Waals surface area contributed by atoms with Gasteiger partial charge in [0.2, 0.25) is 0 Å². The molecule has 0 unspecified atom stereocenters. The maximum Gasteiger partial charge on any atom is 0.433 e. The molecule has 1 saturated heterocycles. The number of hydrogen-bond acceptors (Lipinski definition) is 5. The van der Waals surface area contributed by atoms with E-state index in [1.165, 1.54) is 29.0 Å². The second kappa shape index (κ2) is 9.56. The maximum absolute atomic E-state index is 13.6. The Morgan fingerprint density at radius 1 is 1.09 bits per heavy atom. The number of nitrogens with zero attached hydrogens (tertiary/aromatic N) is 4. The summed E-state index contributed by atoms with van der Waals surface area (Å²) in [7, 11) is 0. The molecular weight excluding hydrogens is 440 g/mol. The van der Waals surface area contributed by atoms with Crippen LogP contribution in [0.4, 0.5) is 17.6 Å². The number of likely N-dealkylation sites (tertiary alicyclic amines) is 1. The number of halogens is 4. The number of aryl methyl sites for hydroxylation is 1. The first-order chi connectivity index (χ1) is 15.7. The fourth-order valence-electron chi connectivity index (χ4n) is 4.29. The molecule has 3 aromatic rings. The van der Waals surface area contributed by atoms with Gasteiger partial charge in [0, 0.05) is 38.0 Å². The lowest BCUT2D eigenvalue weighted by atomic mass is 9.88. The summed E-state index contributed by atoms with van der Waals surface area (Å²) in [5.74, 6) is -0.483. The number of aromatic nitrogens is 3. The van der Waals surface area contributed by atoms with Crippen molar-refractivity contribution >= 4 is 11.0 Å². The van der Waals surface area contributed by atoms with E-state index in [1.54, 1.807) is 6.07 Å². The summed E-state index contributed by atoms with van der Waals surface area (Å²) in [4.78, 5) is 21.9. The van der Waals surface area contributed by atoms with Crippen LogP contribution in [0.1, 0.15) is 24.1 Å². The van der Waals surface area contributed by atoms with Gasteiger partial charge >= 0.3 is 6.18 Å². The third kappa shape index (κ3) is 5.56. The summed E-state index contributed by atoms with van der Waals surface area (Å²) in [6.07, 6.45) is -0.765. The minimum Gasteiger partial charge on any atom is -0.392 e. The Hall–Kier alpha value is -2.85. The van der Waals surface area contributed by atoms with Crippen LogP contribution >= 0.6 is 0 Å². The van der Waals surface area contributed by atoms with Crippen LogP contribution < -0.4 is 5.56 Å².